The van der Waals surface area contributed by atoms with Gasteiger partial charge in [-0.3, -0.25) is 0 Å². The van der Waals surface area contributed by atoms with E-state index in [2.05, 4.69) is 17.7 Å². The molecule has 2 fully saturated rings. The van der Waals surface area contributed by atoms with Crippen LogP contribution in [0.2, 0.25) is 0 Å². The van der Waals surface area contributed by atoms with E-state index >= 15 is 0 Å². The Hall–Kier alpha value is -0.0800. The van der Waals surface area contributed by atoms with Crippen LogP contribution in [-0.4, -0.2) is 26.2 Å². The van der Waals surface area contributed by atoms with E-state index < -0.39 is 0 Å². The van der Waals surface area contributed by atoms with Crippen LogP contribution in [0.15, 0.2) is 0 Å². The summed E-state index contributed by atoms with van der Waals surface area (Å²) in [7, 11) is 2.06. The molecule has 0 aromatic heterocycles. The molecule has 2 aliphatic rings. The van der Waals surface area contributed by atoms with Gasteiger partial charge in [0.05, 0.1) is 0 Å². The molecule has 1 saturated heterocycles. The van der Waals surface area contributed by atoms with Crippen molar-refractivity contribution in [2.75, 3.05) is 20.1 Å². The molecule has 1 heterocycles. The molecule has 0 amide bonds. The van der Waals surface area contributed by atoms with E-state index in [1.165, 1.54) is 45.2 Å². The molecule has 3 unspecified atom stereocenters. The van der Waals surface area contributed by atoms with Crippen molar-refractivity contribution in [2.24, 2.45) is 11.8 Å². The van der Waals surface area contributed by atoms with Gasteiger partial charge in [0.2, 0.25) is 0 Å². The number of fused-ring (bicyclic) bond motifs is 1. The second-order valence-electron chi connectivity index (χ2n) is 4.62. The predicted molar refractivity (Wildman–Crippen MR) is 78.5 cm³/mol. The average Bonchev–Trinajstić information content (AvgIpc) is 2.84. The SMILES string of the molecule is CC.CC.CNCCC1CNC2CCCCC12. The van der Waals surface area contributed by atoms with E-state index in [4.69, 9.17) is 0 Å². The Balaban J connectivity index is 0.000000581. The first-order valence-corrected chi connectivity index (χ1v) is 7.80. The molecule has 2 rings (SSSR count). The minimum atomic E-state index is 0.871. The van der Waals surface area contributed by atoms with Gasteiger partial charge >= 0.3 is 0 Å². The van der Waals surface area contributed by atoms with E-state index in [0.717, 1.165) is 17.9 Å². The van der Waals surface area contributed by atoms with Gasteiger partial charge in [-0.1, -0.05) is 40.5 Å². The molecule has 17 heavy (non-hydrogen) atoms. The van der Waals surface area contributed by atoms with E-state index in [9.17, 15) is 0 Å². The highest BCUT2D eigenvalue weighted by atomic mass is 15.0. The van der Waals surface area contributed by atoms with Crippen molar-refractivity contribution in [3.05, 3.63) is 0 Å². The Morgan fingerprint density at radius 2 is 1.71 bits per heavy atom. The Morgan fingerprint density at radius 3 is 2.35 bits per heavy atom. The predicted octanol–water partition coefficient (Wildman–Crippen LogP) is 3.43. The third kappa shape index (κ3) is 5.39. The summed E-state index contributed by atoms with van der Waals surface area (Å²) in [5.41, 5.74) is 0. The van der Waals surface area contributed by atoms with Gasteiger partial charge in [0, 0.05) is 6.04 Å². The van der Waals surface area contributed by atoms with Crippen molar-refractivity contribution in [1.82, 2.24) is 10.6 Å². The lowest BCUT2D eigenvalue weighted by Gasteiger charge is -2.28. The summed E-state index contributed by atoms with van der Waals surface area (Å²) < 4.78 is 0. The molecular formula is C15H34N2. The van der Waals surface area contributed by atoms with Gasteiger partial charge in [0.15, 0.2) is 0 Å². The molecule has 104 valence electrons. The molecule has 3 atom stereocenters. The minimum Gasteiger partial charge on any atom is -0.320 e. The van der Waals surface area contributed by atoms with Crippen LogP contribution in [0.1, 0.15) is 59.8 Å². The zero-order valence-electron chi connectivity index (χ0n) is 12.7. The molecule has 1 aliphatic heterocycles. The Morgan fingerprint density at radius 1 is 1.06 bits per heavy atom. The first-order valence-electron chi connectivity index (χ1n) is 7.80. The highest BCUT2D eigenvalue weighted by Gasteiger charge is 2.36. The van der Waals surface area contributed by atoms with E-state index in [1.54, 1.807) is 0 Å². The van der Waals surface area contributed by atoms with Gasteiger partial charge in [0.25, 0.3) is 0 Å². The molecule has 1 saturated carbocycles. The van der Waals surface area contributed by atoms with Gasteiger partial charge in [0.1, 0.15) is 0 Å². The Kier molecular flexibility index (Phi) is 11.0. The van der Waals surface area contributed by atoms with Crippen molar-refractivity contribution in [3.63, 3.8) is 0 Å². The number of rotatable bonds is 3. The first kappa shape index (κ1) is 16.9. The molecule has 2 heteroatoms. The van der Waals surface area contributed by atoms with Gasteiger partial charge in [-0.25, -0.2) is 0 Å². The molecular weight excluding hydrogens is 208 g/mol. The average molecular weight is 242 g/mol. The highest BCUT2D eigenvalue weighted by Crippen LogP contribution is 2.35. The monoisotopic (exact) mass is 242 g/mol. The quantitative estimate of drug-likeness (QED) is 0.792. The molecule has 2 N–H and O–H groups in total. The van der Waals surface area contributed by atoms with Crippen LogP contribution in [-0.2, 0) is 0 Å². The number of hydrogen-bond acceptors (Lipinski definition) is 2. The molecule has 2 nitrogen and oxygen atoms in total. The third-order valence-corrected chi connectivity index (χ3v) is 3.83. The van der Waals surface area contributed by atoms with Crippen molar-refractivity contribution in [1.29, 1.82) is 0 Å². The van der Waals surface area contributed by atoms with Crippen LogP contribution in [0.25, 0.3) is 0 Å². The van der Waals surface area contributed by atoms with Crippen molar-refractivity contribution in [3.8, 4) is 0 Å². The Labute approximate surface area is 109 Å². The lowest BCUT2D eigenvalue weighted by Crippen LogP contribution is -2.30. The topological polar surface area (TPSA) is 24.1 Å². The van der Waals surface area contributed by atoms with Crippen LogP contribution in [0, 0.1) is 11.8 Å². The Bertz CT molecular complexity index is 159. The standard InChI is InChI=1S/C11H22N2.2C2H6/c1-12-7-6-9-8-13-11-5-3-2-4-10(9)11;2*1-2/h9-13H,2-8H2,1H3;2*1-2H3. The van der Waals surface area contributed by atoms with Crippen molar-refractivity contribution in [2.45, 2.75) is 65.8 Å². The summed E-state index contributed by atoms with van der Waals surface area (Å²) in [4.78, 5) is 0. The second-order valence-corrected chi connectivity index (χ2v) is 4.62. The molecule has 0 aromatic carbocycles. The molecule has 0 bridgehead atoms. The van der Waals surface area contributed by atoms with Crippen molar-refractivity contribution >= 4 is 0 Å². The number of nitrogens with one attached hydrogen (secondary N) is 2. The van der Waals surface area contributed by atoms with Gasteiger partial charge in [-0.05, 0) is 51.2 Å². The lowest BCUT2D eigenvalue weighted by atomic mass is 9.79. The van der Waals surface area contributed by atoms with Crippen LogP contribution in [0.5, 0.6) is 0 Å². The largest absolute Gasteiger partial charge is 0.320 e. The maximum absolute atomic E-state index is 3.69. The summed E-state index contributed by atoms with van der Waals surface area (Å²) in [6, 6.07) is 0.871. The fourth-order valence-corrected chi connectivity index (χ4v) is 3.08. The molecule has 0 aromatic rings. The van der Waals surface area contributed by atoms with Gasteiger partial charge in [-0.2, -0.15) is 0 Å². The van der Waals surface area contributed by atoms with E-state index in [1.807, 2.05) is 27.7 Å². The highest BCUT2D eigenvalue weighted by molar-refractivity contribution is 4.92. The fraction of sp³-hybridized carbons (Fsp3) is 1.00. The van der Waals surface area contributed by atoms with Gasteiger partial charge < -0.3 is 10.6 Å². The van der Waals surface area contributed by atoms with Crippen LogP contribution >= 0.6 is 0 Å². The summed E-state index contributed by atoms with van der Waals surface area (Å²) in [6.45, 7) is 10.5. The fourth-order valence-electron chi connectivity index (χ4n) is 3.08. The molecule has 0 spiro atoms. The number of hydrogen-bond donors (Lipinski definition) is 2. The lowest BCUT2D eigenvalue weighted by molar-refractivity contribution is 0.265. The maximum Gasteiger partial charge on any atom is 0.00985 e. The summed E-state index contributed by atoms with van der Waals surface area (Å²) >= 11 is 0. The first-order chi connectivity index (χ1) is 8.42. The van der Waals surface area contributed by atoms with Crippen LogP contribution < -0.4 is 10.6 Å². The van der Waals surface area contributed by atoms with E-state index in [-0.39, 0.29) is 0 Å². The summed E-state index contributed by atoms with van der Waals surface area (Å²) in [5.74, 6) is 1.96. The smallest absolute Gasteiger partial charge is 0.00985 e. The summed E-state index contributed by atoms with van der Waals surface area (Å²) in [6.07, 6.45) is 7.20. The second kappa shape index (κ2) is 11.0. The zero-order chi connectivity index (χ0) is 13.1. The van der Waals surface area contributed by atoms with Crippen molar-refractivity contribution < 1.29 is 0 Å². The third-order valence-electron chi connectivity index (χ3n) is 3.83. The zero-order valence-corrected chi connectivity index (χ0v) is 12.7. The maximum atomic E-state index is 3.69. The van der Waals surface area contributed by atoms with Crippen LogP contribution in [0.3, 0.4) is 0 Å². The molecule has 1 aliphatic carbocycles. The van der Waals surface area contributed by atoms with Gasteiger partial charge in [-0.15, -0.1) is 0 Å². The normalized spacial score (nSPS) is 30.5. The minimum absolute atomic E-state index is 0.871. The summed E-state index contributed by atoms with van der Waals surface area (Å²) in [5, 5.41) is 6.95. The molecule has 0 radical (unpaired) electrons. The van der Waals surface area contributed by atoms with E-state index in [0.29, 0.717) is 0 Å². The van der Waals surface area contributed by atoms with Crippen LogP contribution in [0.4, 0.5) is 0 Å².